The molecule has 5 nitrogen and oxygen atoms in total. The topological polar surface area (TPSA) is 70.2 Å². The Morgan fingerprint density at radius 1 is 0.833 bits per heavy atom. The van der Waals surface area contributed by atoms with Gasteiger partial charge in [0.1, 0.15) is 6.04 Å². The maximum absolute atomic E-state index is 13.0. The molecular formula is C25H27N3O2. The van der Waals surface area contributed by atoms with Crippen molar-refractivity contribution < 1.29 is 9.59 Å². The molecule has 0 saturated carbocycles. The van der Waals surface area contributed by atoms with Gasteiger partial charge in [-0.3, -0.25) is 14.9 Å². The van der Waals surface area contributed by atoms with Crippen LogP contribution in [0.5, 0.6) is 0 Å². The van der Waals surface area contributed by atoms with Gasteiger partial charge in [0.15, 0.2) is 0 Å². The van der Waals surface area contributed by atoms with E-state index in [1.807, 2.05) is 92.7 Å². The van der Waals surface area contributed by atoms with Gasteiger partial charge in [0.2, 0.25) is 11.8 Å². The molecule has 0 bridgehead atoms. The minimum Gasteiger partial charge on any atom is -0.325 e. The molecule has 0 aromatic heterocycles. The molecule has 0 heterocycles. The number of nitrogens with one attached hydrogen (secondary N) is 3. The number of carbonyl (C=O) groups excluding carboxylic acids is 2. The monoisotopic (exact) mass is 401 g/mol. The first-order valence-corrected chi connectivity index (χ1v) is 10.1. The van der Waals surface area contributed by atoms with Crippen molar-refractivity contribution in [3.8, 4) is 0 Å². The van der Waals surface area contributed by atoms with E-state index in [9.17, 15) is 9.59 Å². The van der Waals surface area contributed by atoms with Gasteiger partial charge >= 0.3 is 0 Å². The van der Waals surface area contributed by atoms with E-state index in [0.29, 0.717) is 0 Å². The Kier molecular flexibility index (Phi) is 7.35. The summed E-state index contributed by atoms with van der Waals surface area (Å²) in [4.78, 5) is 25.5. The molecule has 3 rings (SSSR count). The van der Waals surface area contributed by atoms with Crippen LogP contribution in [-0.4, -0.2) is 18.4 Å². The molecule has 30 heavy (non-hydrogen) atoms. The Bertz CT molecular complexity index is 985. The zero-order chi connectivity index (χ0) is 21.3. The second kappa shape index (κ2) is 10.4. The summed E-state index contributed by atoms with van der Waals surface area (Å²) in [6.07, 6.45) is 0.829. The van der Waals surface area contributed by atoms with Crippen LogP contribution in [0, 0.1) is 6.92 Å². The summed E-state index contributed by atoms with van der Waals surface area (Å²) in [6, 6.07) is 24.1. The van der Waals surface area contributed by atoms with Gasteiger partial charge in [0, 0.05) is 11.4 Å². The predicted octanol–water partition coefficient (Wildman–Crippen LogP) is 4.47. The fraction of sp³-hybridized carbons (Fsp3) is 0.200. The summed E-state index contributed by atoms with van der Waals surface area (Å²) in [5.74, 6) is -0.410. The van der Waals surface area contributed by atoms with E-state index in [2.05, 4.69) is 16.0 Å². The third-order valence-electron chi connectivity index (χ3n) is 4.85. The lowest BCUT2D eigenvalue weighted by molar-refractivity contribution is -0.119. The van der Waals surface area contributed by atoms with E-state index in [0.717, 1.165) is 34.5 Å². The van der Waals surface area contributed by atoms with Crippen LogP contribution < -0.4 is 16.0 Å². The van der Waals surface area contributed by atoms with Gasteiger partial charge in [-0.1, -0.05) is 73.2 Å². The van der Waals surface area contributed by atoms with E-state index in [4.69, 9.17) is 0 Å². The minimum atomic E-state index is -0.653. The smallest absolute Gasteiger partial charge is 0.246 e. The third-order valence-corrected chi connectivity index (χ3v) is 4.85. The first kappa shape index (κ1) is 21.3. The van der Waals surface area contributed by atoms with Gasteiger partial charge in [-0.2, -0.15) is 0 Å². The van der Waals surface area contributed by atoms with Crippen molar-refractivity contribution in [2.75, 3.05) is 17.2 Å². The Labute approximate surface area is 177 Å². The summed E-state index contributed by atoms with van der Waals surface area (Å²) in [6.45, 7) is 4.05. The molecule has 0 radical (unpaired) electrons. The molecule has 0 saturated heterocycles. The molecule has 3 N–H and O–H groups in total. The maximum atomic E-state index is 13.0. The Morgan fingerprint density at radius 3 is 2.20 bits per heavy atom. The number of amides is 2. The summed E-state index contributed by atoms with van der Waals surface area (Å²) >= 11 is 0. The molecule has 0 spiro atoms. The lowest BCUT2D eigenvalue weighted by Crippen LogP contribution is -2.37. The van der Waals surface area contributed by atoms with Crippen LogP contribution in [-0.2, 0) is 16.0 Å². The van der Waals surface area contributed by atoms with Gasteiger partial charge in [0.25, 0.3) is 0 Å². The highest BCUT2D eigenvalue weighted by Gasteiger charge is 2.21. The normalized spacial score (nSPS) is 11.5. The molecule has 3 aromatic rings. The zero-order valence-corrected chi connectivity index (χ0v) is 17.3. The summed E-state index contributed by atoms with van der Waals surface area (Å²) in [5, 5.41) is 8.96. The highest BCUT2D eigenvalue weighted by molar-refractivity contribution is 5.97. The predicted molar refractivity (Wildman–Crippen MR) is 121 cm³/mol. The fourth-order valence-corrected chi connectivity index (χ4v) is 3.20. The fourth-order valence-electron chi connectivity index (χ4n) is 3.20. The number of para-hydroxylation sites is 1. The van der Waals surface area contributed by atoms with Crippen LogP contribution in [0.2, 0.25) is 0 Å². The Morgan fingerprint density at radius 2 is 1.50 bits per heavy atom. The van der Waals surface area contributed by atoms with Crippen molar-refractivity contribution in [2.24, 2.45) is 0 Å². The SMILES string of the molecule is CCc1ccccc1NC(=O)CN[C@@H](C(=O)Nc1ccc(C)cc1)c1ccccc1. The van der Waals surface area contributed by atoms with Crippen molar-refractivity contribution in [1.29, 1.82) is 0 Å². The van der Waals surface area contributed by atoms with Crippen LogP contribution >= 0.6 is 0 Å². The van der Waals surface area contributed by atoms with E-state index in [1.54, 1.807) is 0 Å². The van der Waals surface area contributed by atoms with Crippen LogP contribution in [0.1, 0.15) is 29.7 Å². The van der Waals surface area contributed by atoms with Crippen LogP contribution in [0.3, 0.4) is 0 Å². The van der Waals surface area contributed by atoms with Gasteiger partial charge in [-0.15, -0.1) is 0 Å². The first-order valence-electron chi connectivity index (χ1n) is 10.1. The van der Waals surface area contributed by atoms with Crippen molar-refractivity contribution in [3.63, 3.8) is 0 Å². The molecule has 0 aliphatic carbocycles. The molecule has 1 atom stereocenters. The highest BCUT2D eigenvalue weighted by Crippen LogP contribution is 2.18. The average molecular weight is 402 g/mol. The standard InChI is InChI=1S/C25H27N3O2/c1-3-19-9-7-8-12-22(19)28-23(29)17-26-24(20-10-5-4-6-11-20)25(30)27-21-15-13-18(2)14-16-21/h4-16,24,26H,3,17H2,1-2H3,(H,27,30)(H,28,29)/t24-/m1/s1. The lowest BCUT2D eigenvalue weighted by Gasteiger charge is -2.19. The molecule has 154 valence electrons. The van der Waals surface area contributed by atoms with Crippen molar-refractivity contribution in [1.82, 2.24) is 5.32 Å². The van der Waals surface area contributed by atoms with Gasteiger partial charge in [-0.25, -0.2) is 0 Å². The molecular weight excluding hydrogens is 374 g/mol. The summed E-state index contributed by atoms with van der Waals surface area (Å²) < 4.78 is 0. The van der Waals surface area contributed by atoms with Gasteiger partial charge in [0.05, 0.1) is 6.54 Å². The summed E-state index contributed by atoms with van der Waals surface area (Å²) in [7, 11) is 0. The van der Waals surface area contributed by atoms with Crippen LogP contribution in [0.15, 0.2) is 78.9 Å². The molecule has 3 aromatic carbocycles. The number of carbonyl (C=O) groups is 2. The van der Waals surface area contributed by atoms with Crippen molar-refractivity contribution >= 4 is 23.2 Å². The number of rotatable bonds is 8. The van der Waals surface area contributed by atoms with E-state index >= 15 is 0 Å². The van der Waals surface area contributed by atoms with E-state index in [1.165, 1.54) is 0 Å². The second-order valence-electron chi connectivity index (χ2n) is 7.14. The van der Waals surface area contributed by atoms with Gasteiger partial charge < -0.3 is 10.6 Å². The van der Waals surface area contributed by atoms with E-state index < -0.39 is 6.04 Å². The summed E-state index contributed by atoms with van der Waals surface area (Å²) in [5.41, 5.74) is 4.50. The molecule has 0 aliphatic heterocycles. The maximum Gasteiger partial charge on any atom is 0.246 e. The van der Waals surface area contributed by atoms with Crippen LogP contribution in [0.25, 0.3) is 0 Å². The molecule has 2 amide bonds. The highest BCUT2D eigenvalue weighted by atomic mass is 16.2. The largest absolute Gasteiger partial charge is 0.325 e. The Hall–Kier alpha value is -3.44. The molecule has 0 fully saturated rings. The van der Waals surface area contributed by atoms with E-state index in [-0.39, 0.29) is 18.4 Å². The number of benzene rings is 3. The van der Waals surface area contributed by atoms with Crippen molar-refractivity contribution in [3.05, 3.63) is 95.6 Å². The average Bonchev–Trinajstić information content (AvgIpc) is 2.76. The molecule has 0 aliphatic rings. The van der Waals surface area contributed by atoms with Gasteiger partial charge in [-0.05, 0) is 42.7 Å². The number of aryl methyl sites for hydroxylation is 2. The zero-order valence-electron chi connectivity index (χ0n) is 17.3. The minimum absolute atomic E-state index is 0.0128. The Balaban J connectivity index is 1.69. The van der Waals surface area contributed by atoms with Crippen LogP contribution in [0.4, 0.5) is 11.4 Å². The molecule has 0 unspecified atom stereocenters. The quantitative estimate of drug-likeness (QED) is 0.522. The first-order chi connectivity index (χ1) is 14.6. The molecule has 5 heteroatoms. The second-order valence-corrected chi connectivity index (χ2v) is 7.14. The third kappa shape index (κ3) is 5.78. The number of hydrogen-bond donors (Lipinski definition) is 3. The number of hydrogen-bond acceptors (Lipinski definition) is 3. The van der Waals surface area contributed by atoms with Crippen molar-refractivity contribution in [2.45, 2.75) is 26.3 Å². The lowest BCUT2D eigenvalue weighted by atomic mass is 10.1. The number of anilines is 2.